The normalized spacial score (nSPS) is 15.8. The average molecular weight is 457 g/mol. The third-order valence-corrected chi connectivity index (χ3v) is 7.18. The van der Waals surface area contributed by atoms with E-state index in [2.05, 4.69) is 5.32 Å². The first kappa shape index (κ1) is 21.9. The first-order chi connectivity index (χ1) is 13.8. The first-order valence-corrected chi connectivity index (χ1v) is 11.5. The molecule has 29 heavy (non-hydrogen) atoms. The summed E-state index contributed by atoms with van der Waals surface area (Å²) in [5.41, 5.74) is 0.626. The Morgan fingerprint density at radius 1 is 1.17 bits per heavy atom. The zero-order valence-electron chi connectivity index (χ0n) is 15.9. The number of anilines is 1. The van der Waals surface area contributed by atoms with Crippen LogP contribution in [0.25, 0.3) is 0 Å². The van der Waals surface area contributed by atoms with E-state index >= 15 is 0 Å². The Balaban J connectivity index is 1.63. The summed E-state index contributed by atoms with van der Waals surface area (Å²) in [4.78, 5) is 12.6. The molecule has 0 unspecified atom stereocenters. The third-order valence-electron chi connectivity index (χ3n) is 4.76. The number of amides is 1. The number of benzene rings is 2. The SMILES string of the molecule is CCOc1ccc(S(=O)(=O)N2CCC(C(=O)Nc3cccc(Cl)c3)CC2)cc1Cl. The van der Waals surface area contributed by atoms with Crippen molar-refractivity contribution in [3.8, 4) is 5.75 Å². The summed E-state index contributed by atoms with van der Waals surface area (Å²) in [5.74, 6) is 0.0577. The standard InChI is InChI=1S/C20H22Cl2N2O4S/c1-2-28-19-7-6-17(13-18(19)22)29(26,27)24-10-8-14(9-11-24)20(25)23-16-5-3-4-15(21)12-16/h3-7,12-14H,2,8-11H2,1H3,(H,23,25). The smallest absolute Gasteiger partial charge is 0.243 e. The fraction of sp³-hybridized carbons (Fsp3) is 0.350. The minimum Gasteiger partial charge on any atom is -0.492 e. The zero-order chi connectivity index (χ0) is 21.0. The number of halogens is 2. The second-order valence-electron chi connectivity index (χ2n) is 6.70. The highest BCUT2D eigenvalue weighted by atomic mass is 35.5. The molecule has 0 atom stereocenters. The first-order valence-electron chi connectivity index (χ1n) is 9.30. The van der Waals surface area contributed by atoms with Gasteiger partial charge >= 0.3 is 0 Å². The summed E-state index contributed by atoms with van der Waals surface area (Å²) < 4.78 is 32.6. The minimum atomic E-state index is -3.69. The van der Waals surface area contributed by atoms with Gasteiger partial charge in [-0.2, -0.15) is 4.31 Å². The molecule has 2 aromatic rings. The van der Waals surface area contributed by atoms with Crippen molar-refractivity contribution in [2.24, 2.45) is 5.92 Å². The number of carbonyl (C=O) groups is 1. The summed E-state index contributed by atoms with van der Waals surface area (Å²) in [5, 5.41) is 3.63. The number of rotatable bonds is 6. The maximum absolute atomic E-state index is 12.9. The van der Waals surface area contributed by atoms with Crippen molar-refractivity contribution in [3.63, 3.8) is 0 Å². The monoisotopic (exact) mass is 456 g/mol. The number of nitrogens with one attached hydrogen (secondary N) is 1. The molecule has 0 saturated carbocycles. The molecule has 1 N–H and O–H groups in total. The van der Waals surface area contributed by atoms with Crippen molar-refractivity contribution < 1.29 is 17.9 Å². The van der Waals surface area contributed by atoms with Gasteiger partial charge in [-0.3, -0.25) is 4.79 Å². The van der Waals surface area contributed by atoms with E-state index in [0.717, 1.165) is 0 Å². The number of hydrogen-bond donors (Lipinski definition) is 1. The summed E-state index contributed by atoms with van der Waals surface area (Å²) in [7, 11) is -3.69. The molecule has 1 amide bonds. The van der Waals surface area contributed by atoms with Gasteiger partial charge in [0.25, 0.3) is 0 Å². The highest BCUT2D eigenvalue weighted by molar-refractivity contribution is 7.89. The van der Waals surface area contributed by atoms with Crippen molar-refractivity contribution in [2.75, 3.05) is 25.0 Å². The molecular formula is C20H22Cl2N2O4S. The molecule has 1 fully saturated rings. The average Bonchev–Trinajstić information content (AvgIpc) is 2.69. The topological polar surface area (TPSA) is 75.7 Å². The van der Waals surface area contributed by atoms with Gasteiger partial charge in [0.2, 0.25) is 15.9 Å². The van der Waals surface area contributed by atoms with Crippen LogP contribution in [0.3, 0.4) is 0 Å². The second-order valence-corrected chi connectivity index (χ2v) is 9.48. The molecule has 1 saturated heterocycles. The Labute approximate surface area is 180 Å². The lowest BCUT2D eigenvalue weighted by molar-refractivity contribution is -0.120. The van der Waals surface area contributed by atoms with Crippen LogP contribution in [0.1, 0.15) is 19.8 Å². The van der Waals surface area contributed by atoms with Gasteiger partial charge in [-0.05, 0) is 56.2 Å². The molecule has 0 radical (unpaired) electrons. The number of piperidine rings is 1. The molecule has 0 bridgehead atoms. The van der Waals surface area contributed by atoms with Crippen LogP contribution in [0.4, 0.5) is 5.69 Å². The molecule has 0 aliphatic carbocycles. The van der Waals surface area contributed by atoms with Gasteiger partial charge in [0.05, 0.1) is 16.5 Å². The number of hydrogen-bond acceptors (Lipinski definition) is 4. The van der Waals surface area contributed by atoms with Crippen LogP contribution in [0.5, 0.6) is 5.75 Å². The van der Waals surface area contributed by atoms with Gasteiger partial charge in [-0.1, -0.05) is 29.3 Å². The lowest BCUT2D eigenvalue weighted by Crippen LogP contribution is -2.41. The van der Waals surface area contributed by atoms with Crippen molar-refractivity contribution in [1.29, 1.82) is 0 Å². The van der Waals surface area contributed by atoms with Crippen LogP contribution in [-0.4, -0.2) is 38.3 Å². The van der Waals surface area contributed by atoms with Crippen LogP contribution in [0, 0.1) is 5.92 Å². The van der Waals surface area contributed by atoms with Gasteiger partial charge < -0.3 is 10.1 Å². The van der Waals surface area contributed by atoms with E-state index in [1.54, 1.807) is 30.3 Å². The molecule has 3 rings (SSSR count). The molecule has 0 aromatic heterocycles. The maximum Gasteiger partial charge on any atom is 0.243 e. The Kier molecular flexibility index (Phi) is 7.05. The van der Waals surface area contributed by atoms with E-state index in [1.807, 2.05) is 6.92 Å². The van der Waals surface area contributed by atoms with Crippen molar-refractivity contribution >= 4 is 44.8 Å². The quantitative estimate of drug-likeness (QED) is 0.697. The summed E-state index contributed by atoms with van der Waals surface area (Å²) in [6.07, 6.45) is 0.882. The van der Waals surface area contributed by atoms with Crippen LogP contribution in [0.15, 0.2) is 47.4 Å². The van der Waals surface area contributed by atoms with E-state index in [9.17, 15) is 13.2 Å². The molecule has 6 nitrogen and oxygen atoms in total. The predicted octanol–water partition coefficient (Wildman–Crippen LogP) is 4.43. The highest BCUT2D eigenvalue weighted by Crippen LogP contribution is 2.30. The molecular weight excluding hydrogens is 435 g/mol. The predicted molar refractivity (Wildman–Crippen MR) is 114 cm³/mol. The third kappa shape index (κ3) is 5.22. The molecule has 0 spiro atoms. The number of carbonyl (C=O) groups excluding carboxylic acids is 1. The summed E-state index contributed by atoms with van der Waals surface area (Å²) in [6.45, 7) is 2.80. The van der Waals surface area contributed by atoms with Crippen LogP contribution in [-0.2, 0) is 14.8 Å². The molecule has 1 aliphatic rings. The van der Waals surface area contributed by atoms with Gasteiger partial charge in [0.15, 0.2) is 0 Å². The van der Waals surface area contributed by atoms with Crippen molar-refractivity contribution in [1.82, 2.24) is 4.31 Å². The van der Waals surface area contributed by atoms with Gasteiger partial charge in [-0.25, -0.2) is 8.42 Å². The van der Waals surface area contributed by atoms with Crippen LogP contribution >= 0.6 is 23.2 Å². The van der Waals surface area contributed by atoms with Gasteiger partial charge in [0.1, 0.15) is 5.75 Å². The minimum absolute atomic E-state index is 0.118. The number of nitrogens with zero attached hydrogens (tertiary/aromatic N) is 1. The summed E-state index contributed by atoms with van der Waals surface area (Å²) in [6, 6.07) is 11.4. The zero-order valence-corrected chi connectivity index (χ0v) is 18.2. The van der Waals surface area contributed by atoms with Gasteiger partial charge in [-0.15, -0.1) is 0 Å². The lowest BCUT2D eigenvalue weighted by atomic mass is 9.97. The molecule has 9 heteroatoms. The largest absolute Gasteiger partial charge is 0.492 e. The van der Waals surface area contributed by atoms with E-state index in [1.165, 1.54) is 16.4 Å². The number of ether oxygens (including phenoxy) is 1. The second kappa shape index (κ2) is 9.34. The number of sulfonamides is 1. The van der Waals surface area contributed by atoms with E-state index in [4.69, 9.17) is 27.9 Å². The Morgan fingerprint density at radius 2 is 1.90 bits per heavy atom. The van der Waals surface area contributed by atoms with E-state index < -0.39 is 10.0 Å². The maximum atomic E-state index is 12.9. The van der Waals surface area contributed by atoms with Crippen LogP contribution in [0.2, 0.25) is 10.0 Å². The summed E-state index contributed by atoms with van der Waals surface area (Å²) >= 11 is 12.1. The fourth-order valence-corrected chi connectivity index (χ4v) is 5.22. The molecule has 1 heterocycles. The molecule has 156 valence electrons. The Morgan fingerprint density at radius 3 is 2.52 bits per heavy atom. The fourth-order valence-electron chi connectivity index (χ4n) is 3.23. The molecule has 2 aromatic carbocycles. The lowest BCUT2D eigenvalue weighted by Gasteiger charge is -2.30. The van der Waals surface area contributed by atoms with E-state index in [-0.39, 0.29) is 34.8 Å². The van der Waals surface area contributed by atoms with E-state index in [0.29, 0.717) is 35.9 Å². The van der Waals surface area contributed by atoms with Crippen molar-refractivity contribution in [2.45, 2.75) is 24.7 Å². The Hall–Kier alpha value is -1.80. The van der Waals surface area contributed by atoms with Gasteiger partial charge in [0, 0.05) is 29.7 Å². The highest BCUT2D eigenvalue weighted by Gasteiger charge is 2.32. The van der Waals surface area contributed by atoms with Crippen LogP contribution < -0.4 is 10.1 Å². The van der Waals surface area contributed by atoms with Crippen molar-refractivity contribution in [3.05, 3.63) is 52.5 Å². The molecule has 1 aliphatic heterocycles. The Bertz CT molecular complexity index is 990.